The first-order valence-electron chi connectivity index (χ1n) is 6.29. The van der Waals surface area contributed by atoms with Crippen molar-refractivity contribution in [3.63, 3.8) is 0 Å². The Balaban J connectivity index is 2.27. The van der Waals surface area contributed by atoms with Crippen molar-refractivity contribution in [3.05, 3.63) is 39.3 Å². The number of hydrogen-bond acceptors (Lipinski definition) is 4. The van der Waals surface area contributed by atoms with Gasteiger partial charge in [-0.15, -0.1) is 0 Å². The van der Waals surface area contributed by atoms with Crippen LogP contribution in [-0.2, 0) is 0 Å². The number of aromatic nitrogens is 1. The topological polar surface area (TPSA) is 50.1 Å². The quantitative estimate of drug-likeness (QED) is 0.850. The first-order chi connectivity index (χ1) is 9.42. The standard InChI is InChI=1S/C14H17Cl2N3O/c1-7-5-10(9(3)20-7)8(2)18-14-12(16)6-11(15)13(17-4)19-14/h5-6,8H,1-4H3,(H2,17,18,19). The minimum absolute atomic E-state index is 0.0309. The minimum Gasteiger partial charge on any atom is -0.466 e. The van der Waals surface area contributed by atoms with Gasteiger partial charge in [0.05, 0.1) is 16.1 Å². The Morgan fingerprint density at radius 2 is 1.80 bits per heavy atom. The summed E-state index contributed by atoms with van der Waals surface area (Å²) >= 11 is 12.2. The molecule has 2 aromatic rings. The summed E-state index contributed by atoms with van der Waals surface area (Å²) in [4.78, 5) is 4.38. The molecule has 2 heterocycles. The largest absolute Gasteiger partial charge is 0.466 e. The first-order valence-corrected chi connectivity index (χ1v) is 7.05. The summed E-state index contributed by atoms with van der Waals surface area (Å²) in [5, 5.41) is 7.19. The highest BCUT2D eigenvalue weighted by molar-refractivity contribution is 6.37. The van der Waals surface area contributed by atoms with Gasteiger partial charge in [0.25, 0.3) is 0 Å². The second-order valence-corrected chi connectivity index (χ2v) is 5.45. The van der Waals surface area contributed by atoms with Gasteiger partial charge < -0.3 is 15.1 Å². The van der Waals surface area contributed by atoms with Crippen molar-refractivity contribution in [2.45, 2.75) is 26.8 Å². The number of aryl methyl sites for hydroxylation is 2. The van der Waals surface area contributed by atoms with E-state index in [9.17, 15) is 0 Å². The van der Waals surface area contributed by atoms with Crippen LogP contribution in [0.4, 0.5) is 11.6 Å². The molecule has 0 fully saturated rings. The molecule has 2 aromatic heterocycles. The highest BCUT2D eigenvalue weighted by atomic mass is 35.5. The molecular weight excluding hydrogens is 297 g/mol. The molecular formula is C14H17Cl2N3O. The fraction of sp³-hybridized carbons (Fsp3) is 0.357. The Kier molecular flexibility index (Phi) is 4.45. The van der Waals surface area contributed by atoms with E-state index in [4.69, 9.17) is 27.6 Å². The molecule has 0 bridgehead atoms. The predicted molar refractivity (Wildman–Crippen MR) is 84.0 cm³/mol. The van der Waals surface area contributed by atoms with Crippen molar-refractivity contribution >= 4 is 34.8 Å². The van der Waals surface area contributed by atoms with E-state index >= 15 is 0 Å². The van der Waals surface area contributed by atoms with Gasteiger partial charge >= 0.3 is 0 Å². The maximum absolute atomic E-state index is 6.17. The van der Waals surface area contributed by atoms with E-state index in [1.54, 1.807) is 13.1 Å². The monoisotopic (exact) mass is 313 g/mol. The normalized spacial score (nSPS) is 12.3. The van der Waals surface area contributed by atoms with Gasteiger partial charge in [-0.25, -0.2) is 4.98 Å². The molecule has 1 unspecified atom stereocenters. The maximum Gasteiger partial charge on any atom is 0.147 e. The van der Waals surface area contributed by atoms with Crippen molar-refractivity contribution in [2.75, 3.05) is 17.7 Å². The highest BCUT2D eigenvalue weighted by Gasteiger charge is 2.15. The zero-order chi connectivity index (χ0) is 14.9. The predicted octanol–water partition coefficient (Wildman–Crippen LogP) is 4.81. The SMILES string of the molecule is CNc1nc(NC(C)c2cc(C)oc2C)c(Cl)cc1Cl. The van der Waals surface area contributed by atoms with Gasteiger partial charge in [0.1, 0.15) is 23.2 Å². The fourth-order valence-corrected chi connectivity index (χ4v) is 2.61. The van der Waals surface area contributed by atoms with Crippen LogP contribution in [0.25, 0.3) is 0 Å². The Bertz CT molecular complexity index is 625. The van der Waals surface area contributed by atoms with Crippen molar-refractivity contribution in [2.24, 2.45) is 0 Å². The molecule has 0 saturated carbocycles. The molecule has 1 atom stereocenters. The van der Waals surface area contributed by atoms with Gasteiger partial charge in [-0.2, -0.15) is 0 Å². The van der Waals surface area contributed by atoms with Crippen LogP contribution in [0.3, 0.4) is 0 Å². The lowest BCUT2D eigenvalue weighted by Crippen LogP contribution is -2.09. The summed E-state index contributed by atoms with van der Waals surface area (Å²) < 4.78 is 5.54. The van der Waals surface area contributed by atoms with E-state index in [-0.39, 0.29) is 6.04 Å². The van der Waals surface area contributed by atoms with E-state index in [0.717, 1.165) is 17.1 Å². The highest BCUT2D eigenvalue weighted by Crippen LogP contribution is 2.32. The van der Waals surface area contributed by atoms with E-state index in [1.807, 2.05) is 26.8 Å². The van der Waals surface area contributed by atoms with Crippen LogP contribution >= 0.6 is 23.2 Å². The number of rotatable bonds is 4. The third-order valence-electron chi connectivity index (χ3n) is 3.07. The molecule has 0 spiro atoms. The number of anilines is 2. The Labute approximate surface area is 128 Å². The summed E-state index contributed by atoms with van der Waals surface area (Å²) in [5.41, 5.74) is 1.08. The van der Waals surface area contributed by atoms with Crippen molar-refractivity contribution in [1.82, 2.24) is 4.98 Å². The van der Waals surface area contributed by atoms with Crippen LogP contribution in [0.1, 0.15) is 30.0 Å². The Hall–Kier alpha value is -1.39. The molecule has 0 radical (unpaired) electrons. The van der Waals surface area contributed by atoms with E-state index < -0.39 is 0 Å². The fourth-order valence-electron chi connectivity index (χ4n) is 2.11. The Morgan fingerprint density at radius 1 is 1.15 bits per heavy atom. The molecule has 4 nitrogen and oxygen atoms in total. The second kappa shape index (κ2) is 5.94. The van der Waals surface area contributed by atoms with Crippen molar-refractivity contribution < 1.29 is 4.42 Å². The number of halogens is 2. The molecule has 108 valence electrons. The van der Waals surface area contributed by atoms with Crippen LogP contribution in [0.2, 0.25) is 10.0 Å². The summed E-state index contributed by atoms with van der Waals surface area (Å²) in [6.45, 7) is 5.90. The molecule has 0 aromatic carbocycles. The average molecular weight is 314 g/mol. The van der Waals surface area contributed by atoms with Crippen LogP contribution < -0.4 is 10.6 Å². The van der Waals surface area contributed by atoms with Crippen LogP contribution in [0, 0.1) is 13.8 Å². The van der Waals surface area contributed by atoms with Gasteiger partial charge in [0.15, 0.2) is 0 Å². The first kappa shape index (κ1) is 15.0. The lowest BCUT2D eigenvalue weighted by atomic mass is 10.1. The van der Waals surface area contributed by atoms with Crippen molar-refractivity contribution in [3.8, 4) is 0 Å². The summed E-state index contributed by atoms with van der Waals surface area (Å²) in [6, 6.07) is 3.71. The molecule has 6 heteroatoms. The van der Waals surface area contributed by atoms with Crippen LogP contribution in [-0.4, -0.2) is 12.0 Å². The van der Waals surface area contributed by atoms with Gasteiger partial charge in [-0.05, 0) is 32.9 Å². The summed E-state index contributed by atoms with van der Waals surface area (Å²) in [6.07, 6.45) is 0. The zero-order valence-corrected chi connectivity index (χ0v) is 13.4. The van der Waals surface area contributed by atoms with E-state index in [1.165, 1.54) is 0 Å². The van der Waals surface area contributed by atoms with Gasteiger partial charge in [-0.3, -0.25) is 0 Å². The number of nitrogens with zero attached hydrogens (tertiary/aromatic N) is 1. The number of furan rings is 1. The van der Waals surface area contributed by atoms with E-state index in [2.05, 4.69) is 15.6 Å². The molecule has 20 heavy (non-hydrogen) atoms. The second-order valence-electron chi connectivity index (χ2n) is 4.63. The third kappa shape index (κ3) is 3.02. The third-order valence-corrected chi connectivity index (χ3v) is 3.64. The molecule has 2 rings (SSSR count). The number of nitrogens with one attached hydrogen (secondary N) is 2. The van der Waals surface area contributed by atoms with Gasteiger partial charge in [0.2, 0.25) is 0 Å². The smallest absolute Gasteiger partial charge is 0.147 e. The lowest BCUT2D eigenvalue weighted by molar-refractivity contribution is 0.500. The zero-order valence-electron chi connectivity index (χ0n) is 11.8. The summed E-state index contributed by atoms with van der Waals surface area (Å²) in [7, 11) is 1.76. The van der Waals surface area contributed by atoms with Crippen LogP contribution in [0.5, 0.6) is 0 Å². The summed E-state index contributed by atoms with van der Waals surface area (Å²) in [5.74, 6) is 2.95. The van der Waals surface area contributed by atoms with Crippen molar-refractivity contribution in [1.29, 1.82) is 0 Å². The average Bonchev–Trinajstić information content (AvgIpc) is 2.71. The number of hydrogen-bond donors (Lipinski definition) is 2. The van der Waals surface area contributed by atoms with E-state index in [0.29, 0.717) is 21.7 Å². The minimum atomic E-state index is 0.0309. The molecule has 0 aliphatic carbocycles. The lowest BCUT2D eigenvalue weighted by Gasteiger charge is -2.16. The Morgan fingerprint density at radius 3 is 2.35 bits per heavy atom. The molecule has 0 aliphatic rings. The molecule has 0 saturated heterocycles. The maximum atomic E-state index is 6.17. The number of pyridine rings is 1. The van der Waals surface area contributed by atoms with Gasteiger partial charge in [-0.1, -0.05) is 23.2 Å². The molecule has 0 amide bonds. The van der Waals surface area contributed by atoms with Crippen LogP contribution in [0.15, 0.2) is 16.5 Å². The van der Waals surface area contributed by atoms with Gasteiger partial charge in [0, 0.05) is 12.6 Å². The molecule has 0 aliphatic heterocycles. The molecule has 2 N–H and O–H groups in total.